The van der Waals surface area contributed by atoms with Crippen molar-refractivity contribution in [3.8, 4) is 11.5 Å². The van der Waals surface area contributed by atoms with Crippen molar-refractivity contribution >= 4 is 11.6 Å². The molecule has 0 radical (unpaired) electrons. The van der Waals surface area contributed by atoms with Gasteiger partial charge in [-0.25, -0.2) is 0 Å². The minimum atomic E-state index is -0.322. The van der Waals surface area contributed by atoms with Gasteiger partial charge in [0.05, 0.1) is 0 Å². The first kappa shape index (κ1) is 26.8. The predicted octanol–water partition coefficient (Wildman–Crippen LogP) is 7.54. The van der Waals surface area contributed by atoms with Gasteiger partial charge in [0.1, 0.15) is 11.5 Å². The highest BCUT2D eigenvalue weighted by molar-refractivity contribution is 6.05. The lowest BCUT2D eigenvalue weighted by Crippen LogP contribution is -2.22. The van der Waals surface area contributed by atoms with E-state index in [1.165, 1.54) is 0 Å². The Bertz CT molecular complexity index is 982. The van der Waals surface area contributed by atoms with Gasteiger partial charge in [-0.1, -0.05) is 83.1 Å². The van der Waals surface area contributed by atoms with E-state index >= 15 is 0 Å². The van der Waals surface area contributed by atoms with Gasteiger partial charge >= 0.3 is 0 Å². The van der Waals surface area contributed by atoms with E-state index in [0.29, 0.717) is 11.3 Å². The first-order chi connectivity index (χ1) is 14.6. The van der Waals surface area contributed by atoms with Crippen molar-refractivity contribution in [2.24, 2.45) is 0 Å². The highest BCUT2D eigenvalue weighted by Gasteiger charge is 2.29. The van der Waals surface area contributed by atoms with Gasteiger partial charge in [0.25, 0.3) is 5.91 Å². The molecule has 0 unspecified atom stereocenters. The van der Waals surface area contributed by atoms with Crippen molar-refractivity contribution in [1.29, 1.82) is 0 Å². The Morgan fingerprint density at radius 2 is 0.848 bits per heavy atom. The number of phenolic OH excluding ortho intramolecular Hbond substituents is 2. The van der Waals surface area contributed by atoms with Crippen LogP contribution in [0.25, 0.3) is 0 Å². The van der Waals surface area contributed by atoms with Crippen molar-refractivity contribution in [2.45, 2.75) is 105 Å². The maximum absolute atomic E-state index is 13.4. The Balaban J connectivity index is 2.65. The van der Waals surface area contributed by atoms with Gasteiger partial charge in [-0.15, -0.1) is 0 Å². The van der Waals surface area contributed by atoms with Crippen molar-refractivity contribution in [1.82, 2.24) is 0 Å². The van der Waals surface area contributed by atoms with Gasteiger partial charge in [0.15, 0.2) is 0 Å². The molecule has 0 atom stereocenters. The Kier molecular flexibility index (Phi) is 6.79. The quantitative estimate of drug-likeness (QED) is 0.411. The molecule has 0 aliphatic heterocycles. The number of rotatable bonds is 2. The van der Waals surface area contributed by atoms with Crippen LogP contribution in [0.3, 0.4) is 0 Å². The number of nitrogens with one attached hydrogen (secondary N) is 1. The van der Waals surface area contributed by atoms with Crippen molar-refractivity contribution in [3.05, 3.63) is 52.1 Å². The first-order valence-corrected chi connectivity index (χ1v) is 11.7. The van der Waals surface area contributed by atoms with Crippen LogP contribution < -0.4 is 5.32 Å². The third kappa shape index (κ3) is 5.90. The monoisotopic (exact) mass is 453 g/mol. The fourth-order valence-corrected chi connectivity index (χ4v) is 3.96. The summed E-state index contributed by atoms with van der Waals surface area (Å²) in [5.74, 6) is 0.292. The van der Waals surface area contributed by atoms with Gasteiger partial charge in [0, 0.05) is 33.5 Å². The second-order valence-electron chi connectivity index (χ2n) is 13.3. The maximum Gasteiger partial charge on any atom is 0.255 e. The van der Waals surface area contributed by atoms with Crippen molar-refractivity contribution < 1.29 is 15.0 Å². The summed E-state index contributed by atoms with van der Waals surface area (Å²) in [5, 5.41) is 25.0. The van der Waals surface area contributed by atoms with Crippen LogP contribution in [0, 0.1) is 0 Å². The molecule has 1 amide bonds. The lowest BCUT2D eigenvalue weighted by atomic mass is 9.78. The van der Waals surface area contributed by atoms with E-state index in [4.69, 9.17) is 0 Å². The average molecular weight is 454 g/mol. The predicted molar refractivity (Wildman–Crippen MR) is 139 cm³/mol. The number of phenols is 2. The summed E-state index contributed by atoms with van der Waals surface area (Å²) in [7, 11) is 0. The summed E-state index contributed by atoms with van der Waals surface area (Å²) in [6, 6.07) is 7.29. The van der Waals surface area contributed by atoms with Gasteiger partial charge in [0.2, 0.25) is 0 Å². The molecule has 182 valence electrons. The van der Waals surface area contributed by atoms with E-state index in [-0.39, 0.29) is 39.1 Å². The lowest BCUT2D eigenvalue weighted by molar-refractivity contribution is 0.102. The van der Waals surface area contributed by atoms with Gasteiger partial charge in [-0.3, -0.25) is 4.79 Å². The summed E-state index contributed by atoms with van der Waals surface area (Å²) in [5.41, 5.74) is 3.01. The van der Waals surface area contributed by atoms with Crippen LogP contribution in [-0.4, -0.2) is 16.1 Å². The summed E-state index contributed by atoms with van der Waals surface area (Å²) in [6.07, 6.45) is 0. The number of hydrogen-bond donors (Lipinski definition) is 3. The molecule has 0 bridgehead atoms. The molecule has 0 aromatic heterocycles. The first-order valence-electron chi connectivity index (χ1n) is 11.7. The summed E-state index contributed by atoms with van der Waals surface area (Å²) >= 11 is 0. The molecule has 0 heterocycles. The SMILES string of the molecule is CC(C)(C)c1cc(NC(=O)c2cc(C(C)(C)C)c(O)c(C(C)(C)C)c2)cc(C(C)(C)C)c1O. The number of amides is 1. The molecule has 2 rings (SSSR count). The molecular formula is C29H43NO3. The zero-order valence-corrected chi connectivity index (χ0v) is 22.6. The smallest absolute Gasteiger partial charge is 0.255 e. The third-order valence-electron chi connectivity index (χ3n) is 5.97. The number of hydrogen-bond acceptors (Lipinski definition) is 3. The lowest BCUT2D eigenvalue weighted by Gasteiger charge is -2.29. The number of carbonyl (C=O) groups excluding carboxylic acids is 1. The zero-order valence-electron chi connectivity index (χ0n) is 22.6. The molecule has 0 aliphatic rings. The Hall–Kier alpha value is -2.49. The third-order valence-corrected chi connectivity index (χ3v) is 5.97. The van der Waals surface area contributed by atoms with E-state index in [2.05, 4.69) is 5.32 Å². The standard InChI is InChI=1S/C29H43NO3/c1-26(2,3)19-13-17(14-20(23(19)31)27(4,5)6)25(33)30-18-15-21(28(7,8)9)24(32)22(16-18)29(10,11)12/h13-16,31-32H,1-12H3,(H,30,33). The van der Waals surface area contributed by atoms with Crippen molar-refractivity contribution in [2.75, 3.05) is 5.32 Å². The molecule has 33 heavy (non-hydrogen) atoms. The number of anilines is 1. The second-order valence-corrected chi connectivity index (χ2v) is 13.3. The second kappa shape index (κ2) is 8.38. The van der Waals surface area contributed by atoms with E-state index in [0.717, 1.165) is 22.3 Å². The topological polar surface area (TPSA) is 69.6 Å². The molecule has 2 aromatic rings. The highest BCUT2D eigenvalue weighted by Crippen LogP contribution is 2.42. The number of carbonyl (C=O) groups is 1. The van der Waals surface area contributed by atoms with Crippen LogP contribution in [0.2, 0.25) is 0 Å². The maximum atomic E-state index is 13.4. The van der Waals surface area contributed by atoms with E-state index in [1.54, 1.807) is 12.1 Å². The minimum Gasteiger partial charge on any atom is -0.507 e. The minimum absolute atomic E-state index is 0.239. The fourth-order valence-electron chi connectivity index (χ4n) is 3.96. The van der Waals surface area contributed by atoms with Crippen LogP contribution in [-0.2, 0) is 21.7 Å². The molecule has 0 fully saturated rings. The Morgan fingerprint density at radius 3 is 1.12 bits per heavy atom. The molecule has 4 nitrogen and oxygen atoms in total. The van der Waals surface area contributed by atoms with Crippen LogP contribution in [0.4, 0.5) is 5.69 Å². The molecule has 4 heteroatoms. The molecule has 0 spiro atoms. The summed E-state index contributed by atoms with van der Waals surface area (Å²) < 4.78 is 0. The van der Waals surface area contributed by atoms with Crippen LogP contribution >= 0.6 is 0 Å². The van der Waals surface area contributed by atoms with Crippen LogP contribution in [0.5, 0.6) is 11.5 Å². The molecular weight excluding hydrogens is 410 g/mol. The fraction of sp³-hybridized carbons (Fsp3) is 0.552. The molecule has 3 N–H and O–H groups in total. The van der Waals surface area contributed by atoms with E-state index < -0.39 is 0 Å². The Morgan fingerprint density at radius 1 is 0.576 bits per heavy atom. The van der Waals surface area contributed by atoms with E-state index in [9.17, 15) is 15.0 Å². The number of aromatic hydroxyl groups is 2. The molecule has 0 saturated heterocycles. The van der Waals surface area contributed by atoms with Crippen molar-refractivity contribution in [3.63, 3.8) is 0 Å². The highest BCUT2D eigenvalue weighted by atomic mass is 16.3. The van der Waals surface area contributed by atoms with E-state index in [1.807, 2.05) is 95.2 Å². The zero-order chi connectivity index (χ0) is 25.7. The average Bonchev–Trinajstić information content (AvgIpc) is 2.59. The normalized spacial score (nSPS) is 13.2. The summed E-state index contributed by atoms with van der Waals surface area (Å²) in [4.78, 5) is 13.4. The van der Waals surface area contributed by atoms with Crippen LogP contribution in [0.15, 0.2) is 24.3 Å². The van der Waals surface area contributed by atoms with Crippen LogP contribution in [0.1, 0.15) is 116 Å². The molecule has 2 aromatic carbocycles. The molecule has 0 aliphatic carbocycles. The largest absolute Gasteiger partial charge is 0.507 e. The summed E-state index contributed by atoms with van der Waals surface area (Å²) in [6.45, 7) is 24.5. The molecule has 0 saturated carbocycles. The Labute approximate surface area is 200 Å². The number of benzene rings is 2. The van der Waals surface area contributed by atoms with Gasteiger partial charge in [-0.05, 0) is 45.9 Å². The van der Waals surface area contributed by atoms with Gasteiger partial charge < -0.3 is 15.5 Å². The van der Waals surface area contributed by atoms with Gasteiger partial charge in [-0.2, -0.15) is 0 Å².